The highest BCUT2D eigenvalue weighted by molar-refractivity contribution is 9.10. The SMILES string of the molecule is CN(Cc1ncn[nH]1)C(=O)Cc1cccc(Br)c1. The normalized spacial score (nSPS) is 10.3. The van der Waals surface area contributed by atoms with E-state index in [2.05, 4.69) is 31.1 Å². The number of halogens is 1. The Kier molecular flexibility index (Phi) is 4.09. The topological polar surface area (TPSA) is 61.9 Å². The third-order valence-corrected chi connectivity index (χ3v) is 3.02. The van der Waals surface area contributed by atoms with Crippen LogP contribution in [0.5, 0.6) is 0 Å². The van der Waals surface area contributed by atoms with E-state index in [9.17, 15) is 4.79 Å². The van der Waals surface area contributed by atoms with Gasteiger partial charge in [-0.3, -0.25) is 9.89 Å². The van der Waals surface area contributed by atoms with Crippen LogP contribution < -0.4 is 0 Å². The Hall–Kier alpha value is -1.69. The first-order valence-electron chi connectivity index (χ1n) is 5.48. The van der Waals surface area contributed by atoms with Crippen molar-refractivity contribution in [3.63, 3.8) is 0 Å². The molecule has 0 aliphatic rings. The van der Waals surface area contributed by atoms with Crippen molar-refractivity contribution in [3.05, 3.63) is 46.5 Å². The molecule has 0 saturated carbocycles. The number of carbonyl (C=O) groups excluding carboxylic acids is 1. The lowest BCUT2D eigenvalue weighted by molar-refractivity contribution is -0.129. The smallest absolute Gasteiger partial charge is 0.227 e. The molecule has 0 fully saturated rings. The van der Waals surface area contributed by atoms with Crippen LogP contribution in [0.3, 0.4) is 0 Å². The van der Waals surface area contributed by atoms with E-state index in [0.717, 1.165) is 10.0 Å². The second-order valence-corrected chi connectivity index (χ2v) is 4.90. The summed E-state index contributed by atoms with van der Waals surface area (Å²) in [6, 6.07) is 7.74. The second-order valence-electron chi connectivity index (χ2n) is 3.99. The zero-order chi connectivity index (χ0) is 13.0. The average molecular weight is 309 g/mol. The molecule has 1 aromatic heterocycles. The molecule has 0 bridgehead atoms. The Balaban J connectivity index is 1.95. The van der Waals surface area contributed by atoms with Gasteiger partial charge in [-0.1, -0.05) is 28.1 Å². The summed E-state index contributed by atoms with van der Waals surface area (Å²) in [5, 5.41) is 6.48. The molecule has 5 nitrogen and oxygen atoms in total. The van der Waals surface area contributed by atoms with Crippen molar-refractivity contribution >= 4 is 21.8 Å². The maximum Gasteiger partial charge on any atom is 0.227 e. The van der Waals surface area contributed by atoms with Gasteiger partial charge in [-0.25, -0.2) is 4.98 Å². The van der Waals surface area contributed by atoms with E-state index in [1.807, 2.05) is 24.3 Å². The molecule has 1 aromatic carbocycles. The van der Waals surface area contributed by atoms with Gasteiger partial charge in [-0.15, -0.1) is 0 Å². The van der Waals surface area contributed by atoms with Crippen LogP contribution in [0.4, 0.5) is 0 Å². The van der Waals surface area contributed by atoms with Crippen LogP contribution in [0.1, 0.15) is 11.4 Å². The van der Waals surface area contributed by atoms with Gasteiger partial charge in [0.25, 0.3) is 0 Å². The zero-order valence-corrected chi connectivity index (χ0v) is 11.5. The second kappa shape index (κ2) is 5.77. The summed E-state index contributed by atoms with van der Waals surface area (Å²) in [5.74, 6) is 0.726. The van der Waals surface area contributed by atoms with Gasteiger partial charge in [0.05, 0.1) is 13.0 Å². The van der Waals surface area contributed by atoms with Crippen LogP contribution in [-0.2, 0) is 17.8 Å². The highest BCUT2D eigenvalue weighted by Crippen LogP contribution is 2.12. The highest BCUT2D eigenvalue weighted by Gasteiger charge is 2.11. The number of H-pyrrole nitrogens is 1. The molecule has 18 heavy (non-hydrogen) atoms. The number of nitrogens with one attached hydrogen (secondary N) is 1. The molecule has 0 unspecified atom stereocenters. The minimum atomic E-state index is 0.0458. The molecule has 1 heterocycles. The quantitative estimate of drug-likeness (QED) is 0.936. The van der Waals surface area contributed by atoms with E-state index in [0.29, 0.717) is 18.8 Å². The first-order valence-corrected chi connectivity index (χ1v) is 6.27. The molecule has 0 spiro atoms. The Bertz CT molecular complexity index is 527. The van der Waals surface area contributed by atoms with E-state index in [4.69, 9.17) is 0 Å². The number of aromatic amines is 1. The molecule has 0 saturated heterocycles. The van der Waals surface area contributed by atoms with Gasteiger partial charge in [0.1, 0.15) is 12.2 Å². The first-order chi connectivity index (χ1) is 8.65. The predicted octanol–water partition coefficient (Wildman–Crippen LogP) is 1.77. The van der Waals surface area contributed by atoms with Gasteiger partial charge in [0.15, 0.2) is 0 Å². The van der Waals surface area contributed by atoms with Crippen molar-refractivity contribution in [2.24, 2.45) is 0 Å². The lowest BCUT2D eigenvalue weighted by atomic mass is 10.1. The number of hydrogen-bond donors (Lipinski definition) is 1. The van der Waals surface area contributed by atoms with E-state index < -0.39 is 0 Å². The Labute approximate surface area is 113 Å². The fourth-order valence-electron chi connectivity index (χ4n) is 1.58. The van der Waals surface area contributed by atoms with E-state index in [-0.39, 0.29) is 5.91 Å². The minimum absolute atomic E-state index is 0.0458. The summed E-state index contributed by atoms with van der Waals surface area (Å²) >= 11 is 3.39. The van der Waals surface area contributed by atoms with Gasteiger partial charge in [-0.05, 0) is 17.7 Å². The summed E-state index contributed by atoms with van der Waals surface area (Å²) in [4.78, 5) is 17.6. The maximum atomic E-state index is 12.0. The van der Waals surface area contributed by atoms with Crippen molar-refractivity contribution in [1.82, 2.24) is 20.1 Å². The zero-order valence-electron chi connectivity index (χ0n) is 9.93. The number of rotatable bonds is 4. The largest absolute Gasteiger partial charge is 0.338 e. The van der Waals surface area contributed by atoms with Crippen LogP contribution in [-0.4, -0.2) is 33.0 Å². The van der Waals surface area contributed by atoms with Crippen LogP contribution in [0.15, 0.2) is 35.1 Å². The predicted molar refractivity (Wildman–Crippen MR) is 70.7 cm³/mol. The maximum absolute atomic E-state index is 12.0. The molecule has 0 atom stereocenters. The standard InChI is InChI=1S/C12H13BrN4O/c1-17(7-11-14-8-15-16-11)12(18)6-9-3-2-4-10(13)5-9/h2-5,8H,6-7H2,1H3,(H,14,15,16). The van der Waals surface area contributed by atoms with Crippen molar-refractivity contribution < 1.29 is 4.79 Å². The van der Waals surface area contributed by atoms with Crippen LogP contribution in [0, 0.1) is 0 Å². The Morgan fingerprint density at radius 2 is 2.33 bits per heavy atom. The monoisotopic (exact) mass is 308 g/mol. The number of hydrogen-bond acceptors (Lipinski definition) is 3. The van der Waals surface area contributed by atoms with Crippen molar-refractivity contribution in [1.29, 1.82) is 0 Å². The van der Waals surface area contributed by atoms with Crippen LogP contribution >= 0.6 is 15.9 Å². The van der Waals surface area contributed by atoms with Gasteiger partial charge in [-0.2, -0.15) is 5.10 Å². The van der Waals surface area contributed by atoms with Crippen LogP contribution in [0.25, 0.3) is 0 Å². The minimum Gasteiger partial charge on any atom is -0.338 e. The molecule has 0 radical (unpaired) electrons. The molecule has 94 valence electrons. The Morgan fingerprint density at radius 1 is 1.50 bits per heavy atom. The third-order valence-electron chi connectivity index (χ3n) is 2.52. The number of benzene rings is 1. The summed E-state index contributed by atoms with van der Waals surface area (Å²) in [5.41, 5.74) is 0.985. The first kappa shape index (κ1) is 12.8. The number of likely N-dealkylation sites (N-methyl/N-ethyl adjacent to an activating group) is 1. The lowest BCUT2D eigenvalue weighted by Crippen LogP contribution is -2.28. The summed E-state index contributed by atoms with van der Waals surface area (Å²) < 4.78 is 0.977. The van der Waals surface area contributed by atoms with Crippen molar-refractivity contribution in [2.45, 2.75) is 13.0 Å². The summed E-state index contributed by atoms with van der Waals surface area (Å²) in [6.07, 6.45) is 1.81. The van der Waals surface area contributed by atoms with Crippen molar-refractivity contribution in [3.8, 4) is 0 Å². The summed E-state index contributed by atoms with van der Waals surface area (Å²) in [6.45, 7) is 0.437. The van der Waals surface area contributed by atoms with E-state index in [1.165, 1.54) is 6.33 Å². The molecule has 1 N–H and O–H groups in total. The molecule has 0 aliphatic heterocycles. The third kappa shape index (κ3) is 3.40. The van der Waals surface area contributed by atoms with Gasteiger partial charge >= 0.3 is 0 Å². The highest BCUT2D eigenvalue weighted by atomic mass is 79.9. The lowest BCUT2D eigenvalue weighted by Gasteiger charge is -2.15. The molecule has 6 heteroatoms. The molecule has 0 aliphatic carbocycles. The fourth-order valence-corrected chi connectivity index (χ4v) is 2.02. The van der Waals surface area contributed by atoms with E-state index in [1.54, 1.807) is 11.9 Å². The van der Waals surface area contributed by atoms with Gasteiger partial charge in [0, 0.05) is 11.5 Å². The molecular formula is C12H13BrN4O. The van der Waals surface area contributed by atoms with Gasteiger partial charge < -0.3 is 4.90 Å². The number of carbonyl (C=O) groups is 1. The molecular weight excluding hydrogens is 296 g/mol. The average Bonchev–Trinajstić information content (AvgIpc) is 2.81. The molecule has 2 aromatic rings. The number of amides is 1. The molecule has 2 rings (SSSR count). The van der Waals surface area contributed by atoms with Crippen LogP contribution in [0.2, 0.25) is 0 Å². The number of nitrogens with zero attached hydrogens (tertiary/aromatic N) is 3. The summed E-state index contributed by atoms with van der Waals surface area (Å²) in [7, 11) is 1.75. The van der Waals surface area contributed by atoms with E-state index >= 15 is 0 Å². The molecule has 1 amide bonds. The fraction of sp³-hybridized carbons (Fsp3) is 0.250. The Morgan fingerprint density at radius 3 is 3.00 bits per heavy atom. The van der Waals surface area contributed by atoms with Crippen molar-refractivity contribution in [2.75, 3.05) is 7.05 Å². The van der Waals surface area contributed by atoms with Gasteiger partial charge in [0.2, 0.25) is 5.91 Å². The number of aromatic nitrogens is 3.